The van der Waals surface area contributed by atoms with Crippen LogP contribution < -0.4 is 0 Å². The highest BCUT2D eigenvalue weighted by molar-refractivity contribution is 4.91. The zero-order valence-corrected chi connectivity index (χ0v) is 16.1. The number of hydrogen-bond donors (Lipinski definition) is 0. The van der Waals surface area contributed by atoms with Gasteiger partial charge in [0.2, 0.25) is 0 Å². The Morgan fingerprint density at radius 3 is 2.04 bits per heavy atom. The minimum Gasteiger partial charge on any atom is -0.377 e. The van der Waals surface area contributed by atoms with Crippen molar-refractivity contribution in [3.63, 3.8) is 0 Å². The second-order valence-electron chi connectivity index (χ2n) is 8.29. The fourth-order valence-corrected chi connectivity index (χ4v) is 4.60. The van der Waals surface area contributed by atoms with Gasteiger partial charge >= 0.3 is 0 Å². The van der Waals surface area contributed by atoms with Gasteiger partial charge in [0, 0.05) is 6.61 Å². The van der Waals surface area contributed by atoms with E-state index in [1.807, 2.05) is 6.08 Å². The van der Waals surface area contributed by atoms with Crippen molar-refractivity contribution in [3.8, 4) is 0 Å². The molecule has 24 heavy (non-hydrogen) atoms. The minimum atomic E-state index is 0.718. The van der Waals surface area contributed by atoms with E-state index in [1.54, 1.807) is 0 Å². The molecule has 0 aromatic rings. The number of hydrogen-bond acceptors (Lipinski definition) is 1. The van der Waals surface area contributed by atoms with Gasteiger partial charge in [0.1, 0.15) is 0 Å². The van der Waals surface area contributed by atoms with Crippen molar-refractivity contribution >= 4 is 0 Å². The third-order valence-electron chi connectivity index (χ3n) is 6.29. The molecule has 1 heteroatoms. The first kappa shape index (κ1) is 19.8. The lowest BCUT2D eigenvalue weighted by atomic mass is 9.75. The third kappa shape index (κ3) is 7.55. The summed E-state index contributed by atoms with van der Waals surface area (Å²) < 4.78 is 5.63. The molecule has 0 bridgehead atoms. The predicted octanol–water partition coefficient (Wildman–Crippen LogP) is 6.94. The Hall–Kier alpha value is -0.560. The Morgan fingerprint density at radius 1 is 0.875 bits per heavy atom. The quantitative estimate of drug-likeness (QED) is 0.311. The lowest BCUT2D eigenvalue weighted by molar-refractivity contribution is 0.0937. The zero-order chi connectivity index (χ0) is 17.0. The Labute approximate surface area is 150 Å². The van der Waals surface area contributed by atoms with Crippen molar-refractivity contribution < 1.29 is 4.74 Å². The maximum absolute atomic E-state index is 5.63. The van der Waals surface area contributed by atoms with Gasteiger partial charge in [0.05, 0.1) is 6.61 Å². The van der Waals surface area contributed by atoms with Crippen molar-refractivity contribution in [2.45, 2.75) is 84.0 Å². The van der Waals surface area contributed by atoms with Gasteiger partial charge in [0.15, 0.2) is 0 Å². The maximum atomic E-state index is 5.63. The average Bonchev–Trinajstić information content (AvgIpc) is 2.63. The molecule has 2 aliphatic rings. The summed E-state index contributed by atoms with van der Waals surface area (Å²) >= 11 is 0. The van der Waals surface area contributed by atoms with E-state index in [9.17, 15) is 0 Å². The van der Waals surface area contributed by atoms with Gasteiger partial charge in [-0.15, -0.1) is 6.58 Å². The van der Waals surface area contributed by atoms with Crippen LogP contribution in [0, 0.1) is 23.7 Å². The van der Waals surface area contributed by atoms with E-state index in [0.717, 1.165) is 36.9 Å². The molecule has 2 saturated carbocycles. The molecule has 0 spiro atoms. The van der Waals surface area contributed by atoms with Gasteiger partial charge < -0.3 is 4.74 Å². The maximum Gasteiger partial charge on any atom is 0.0644 e. The van der Waals surface area contributed by atoms with Crippen LogP contribution in [-0.2, 0) is 4.74 Å². The molecule has 2 rings (SSSR count). The zero-order valence-electron chi connectivity index (χ0n) is 16.1. The predicted molar refractivity (Wildman–Crippen MR) is 105 cm³/mol. The topological polar surface area (TPSA) is 9.23 Å². The Balaban J connectivity index is 1.53. The van der Waals surface area contributed by atoms with E-state index in [-0.39, 0.29) is 0 Å². The summed E-state index contributed by atoms with van der Waals surface area (Å²) in [5.41, 5.74) is 0. The molecule has 0 radical (unpaired) electrons. The van der Waals surface area contributed by atoms with Gasteiger partial charge in [-0.1, -0.05) is 57.3 Å². The van der Waals surface area contributed by atoms with Gasteiger partial charge in [-0.25, -0.2) is 0 Å². The molecule has 0 atom stereocenters. The van der Waals surface area contributed by atoms with E-state index in [4.69, 9.17) is 4.74 Å². The first-order valence-corrected chi connectivity index (χ1v) is 10.7. The van der Waals surface area contributed by atoms with E-state index >= 15 is 0 Å². The molecule has 0 amide bonds. The van der Waals surface area contributed by atoms with Crippen molar-refractivity contribution in [2.75, 3.05) is 13.2 Å². The molecule has 138 valence electrons. The molecule has 0 aromatic carbocycles. The summed E-state index contributed by atoms with van der Waals surface area (Å²) in [6, 6.07) is 0. The summed E-state index contributed by atoms with van der Waals surface area (Å²) in [4.78, 5) is 0. The summed E-state index contributed by atoms with van der Waals surface area (Å²) in [7, 11) is 0. The number of rotatable bonds is 10. The molecule has 0 heterocycles. The molecule has 0 aromatic heterocycles. The smallest absolute Gasteiger partial charge is 0.0644 e. The Kier molecular flexibility index (Phi) is 9.80. The molecule has 2 aliphatic carbocycles. The molecular formula is C23H40O. The van der Waals surface area contributed by atoms with Crippen LogP contribution in [0.3, 0.4) is 0 Å². The SMILES string of the molecule is C=CCOC[C@H]1CC[C@H](CC[C@H]2CC[C@H](C=CCCC)CC2)CC1. The molecule has 1 nitrogen and oxygen atoms in total. The Bertz CT molecular complexity index is 343. The van der Waals surface area contributed by atoms with Crippen LogP contribution in [0.1, 0.15) is 84.0 Å². The molecule has 0 N–H and O–H groups in total. The highest BCUT2D eigenvalue weighted by Crippen LogP contribution is 2.36. The number of allylic oxidation sites excluding steroid dienone is 2. The standard InChI is InChI=1S/C23H40O/c1-3-5-6-7-20-8-10-21(11-9-20)12-13-22-14-16-23(17-15-22)19-24-18-4-2/h4,6-7,20-23H,2-3,5,8-19H2,1H3/t20-,21-,22-,23-. The first-order valence-electron chi connectivity index (χ1n) is 10.7. The van der Waals surface area contributed by atoms with Crippen LogP contribution in [0.2, 0.25) is 0 Å². The van der Waals surface area contributed by atoms with Gasteiger partial charge in [-0.2, -0.15) is 0 Å². The lowest BCUT2D eigenvalue weighted by Crippen LogP contribution is -2.20. The van der Waals surface area contributed by atoms with E-state index in [2.05, 4.69) is 25.7 Å². The fourth-order valence-electron chi connectivity index (χ4n) is 4.60. The van der Waals surface area contributed by atoms with Crippen molar-refractivity contribution in [1.82, 2.24) is 0 Å². The number of ether oxygens (including phenoxy) is 1. The molecular weight excluding hydrogens is 292 g/mol. The fraction of sp³-hybridized carbons (Fsp3) is 0.826. The van der Waals surface area contributed by atoms with Crippen molar-refractivity contribution in [1.29, 1.82) is 0 Å². The van der Waals surface area contributed by atoms with Crippen LogP contribution in [0.25, 0.3) is 0 Å². The van der Waals surface area contributed by atoms with Crippen LogP contribution in [0.4, 0.5) is 0 Å². The monoisotopic (exact) mass is 332 g/mol. The summed E-state index contributed by atoms with van der Waals surface area (Å²) in [5.74, 6) is 3.72. The Morgan fingerprint density at radius 2 is 1.46 bits per heavy atom. The largest absolute Gasteiger partial charge is 0.377 e. The van der Waals surface area contributed by atoms with Gasteiger partial charge in [0.25, 0.3) is 0 Å². The van der Waals surface area contributed by atoms with Crippen molar-refractivity contribution in [2.24, 2.45) is 23.7 Å². The molecule has 2 fully saturated rings. The normalized spacial score (nSPS) is 31.4. The highest BCUT2D eigenvalue weighted by Gasteiger charge is 2.24. The summed E-state index contributed by atoms with van der Waals surface area (Å²) in [5, 5.41) is 0. The molecule has 0 saturated heterocycles. The highest BCUT2D eigenvalue weighted by atomic mass is 16.5. The lowest BCUT2D eigenvalue weighted by Gasteiger charge is -2.31. The third-order valence-corrected chi connectivity index (χ3v) is 6.29. The average molecular weight is 333 g/mol. The molecule has 0 unspecified atom stereocenters. The first-order chi connectivity index (χ1) is 11.8. The van der Waals surface area contributed by atoms with Gasteiger partial charge in [-0.3, -0.25) is 0 Å². The van der Waals surface area contributed by atoms with E-state index in [0.29, 0.717) is 0 Å². The van der Waals surface area contributed by atoms with Gasteiger partial charge in [-0.05, 0) is 68.6 Å². The van der Waals surface area contributed by atoms with E-state index < -0.39 is 0 Å². The molecule has 0 aliphatic heterocycles. The van der Waals surface area contributed by atoms with Crippen molar-refractivity contribution in [3.05, 3.63) is 24.8 Å². The van der Waals surface area contributed by atoms with E-state index in [1.165, 1.54) is 77.0 Å². The summed E-state index contributed by atoms with van der Waals surface area (Å²) in [6.07, 6.45) is 23.8. The second kappa shape index (κ2) is 11.9. The second-order valence-corrected chi connectivity index (χ2v) is 8.29. The minimum absolute atomic E-state index is 0.718. The van der Waals surface area contributed by atoms with Crippen LogP contribution in [0.5, 0.6) is 0 Å². The summed E-state index contributed by atoms with van der Waals surface area (Å²) in [6.45, 7) is 7.66. The number of unbranched alkanes of at least 4 members (excludes halogenated alkanes) is 1. The van der Waals surface area contributed by atoms with Crippen LogP contribution in [0.15, 0.2) is 24.8 Å². The van der Waals surface area contributed by atoms with Crippen LogP contribution in [-0.4, -0.2) is 13.2 Å². The van der Waals surface area contributed by atoms with Crippen LogP contribution >= 0.6 is 0 Å².